The zero-order valence-corrected chi connectivity index (χ0v) is 10.2. The molecule has 0 aromatic heterocycles. The van der Waals surface area contributed by atoms with Crippen LogP contribution in [0.15, 0.2) is 66.4 Å². The van der Waals surface area contributed by atoms with E-state index in [1.807, 2.05) is 42.5 Å². The summed E-state index contributed by atoms with van der Waals surface area (Å²) in [7, 11) is 0. The van der Waals surface area contributed by atoms with Crippen LogP contribution in [0.1, 0.15) is 22.0 Å². The monoisotopic (exact) mass is 251 g/mol. The molecule has 94 valence electrons. The van der Waals surface area contributed by atoms with E-state index in [2.05, 4.69) is 0 Å². The minimum absolute atomic E-state index is 0.0711. The number of fused-ring (bicyclic) bond motifs is 1. The molecular formula is C16H13NO2. The first-order valence-corrected chi connectivity index (χ1v) is 6.08. The Morgan fingerprint density at radius 2 is 1.68 bits per heavy atom. The van der Waals surface area contributed by atoms with Crippen LogP contribution in [-0.2, 0) is 0 Å². The molecule has 0 amide bonds. The van der Waals surface area contributed by atoms with Gasteiger partial charge < -0.3 is 10.5 Å². The fourth-order valence-corrected chi connectivity index (χ4v) is 2.26. The van der Waals surface area contributed by atoms with Crippen molar-refractivity contribution >= 4 is 5.78 Å². The summed E-state index contributed by atoms with van der Waals surface area (Å²) in [5.41, 5.74) is 7.57. The molecule has 0 spiro atoms. The standard InChI is InChI=1S/C16H13NO2/c17-10-13-15(18)12-8-4-5-9-14(12)19-16(13)11-6-2-1-3-7-11/h1-10,16H,17H2/b13-10-. The number of hydrogen-bond acceptors (Lipinski definition) is 3. The predicted octanol–water partition coefficient (Wildman–Crippen LogP) is 2.85. The number of carbonyl (C=O) groups excluding carboxylic acids is 1. The maximum Gasteiger partial charge on any atom is 0.198 e. The van der Waals surface area contributed by atoms with Crippen LogP contribution in [0.25, 0.3) is 0 Å². The van der Waals surface area contributed by atoms with Crippen LogP contribution in [0.2, 0.25) is 0 Å². The lowest BCUT2D eigenvalue weighted by Crippen LogP contribution is -2.24. The molecule has 3 heteroatoms. The van der Waals surface area contributed by atoms with Gasteiger partial charge in [-0.2, -0.15) is 0 Å². The second-order valence-corrected chi connectivity index (χ2v) is 4.36. The molecule has 2 N–H and O–H groups in total. The number of ketones is 1. The van der Waals surface area contributed by atoms with E-state index in [0.29, 0.717) is 16.9 Å². The Morgan fingerprint density at radius 3 is 2.42 bits per heavy atom. The van der Waals surface area contributed by atoms with Gasteiger partial charge in [0.15, 0.2) is 11.9 Å². The molecule has 1 heterocycles. The van der Waals surface area contributed by atoms with Crippen molar-refractivity contribution in [3.05, 3.63) is 77.5 Å². The molecule has 0 saturated carbocycles. The molecule has 1 atom stereocenters. The Hall–Kier alpha value is -2.55. The lowest BCUT2D eigenvalue weighted by molar-refractivity contribution is 0.0960. The van der Waals surface area contributed by atoms with Crippen LogP contribution in [0.3, 0.4) is 0 Å². The highest BCUT2D eigenvalue weighted by Crippen LogP contribution is 2.37. The van der Waals surface area contributed by atoms with Crippen molar-refractivity contribution in [3.8, 4) is 5.75 Å². The van der Waals surface area contributed by atoms with Gasteiger partial charge in [0.25, 0.3) is 0 Å². The van der Waals surface area contributed by atoms with E-state index in [1.165, 1.54) is 6.20 Å². The lowest BCUT2D eigenvalue weighted by atomic mass is 9.92. The van der Waals surface area contributed by atoms with Gasteiger partial charge in [0.05, 0.1) is 11.1 Å². The summed E-state index contributed by atoms with van der Waals surface area (Å²) < 4.78 is 5.92. The van der Waals surface area contributed by atoms with E-state index < -0.39 is 6.10 Å². The third kappa shape index (κ3) is 1.89. The number of rotatable bonds is 1. The maximum atomic E-state index is 12.4. The Balaban J connectivity index is 2.11. The van der Waals surface area contributed by atoms with Crippen molar-refractivity contribution < 1.29 is 9.53 Å². The minimum Gasteiger partial charge on any atom is -0.480 e. The van der Waals surface area contributed by atoms with Crippen LogP contribution in [0.4, 0.5) is 0 Å². The summed E-state index contributed by atoms with van der Waals surface area (Å²) in [6.07, 6.45) is 0.907. The summed E-state index contributed by atoms with van der Waals surface area (Å²) in [6.45, 7) is 0. The Bertz CT molecular complexity index is 647. The van der Waals surface area contributed by atoms with Gasteiger partial charge in [0.2, 0.25) is 0 Å². The molecule has 0 radical (unpaired) electrons. The molecular weight excluding hydrogens is 238 g/mol. The molecule has 2 aromatic rings. The Kier molecular flexibility index (Phi) is 2.80. The number of benzene rings is 2. The van der Waals surface area contributed by atoms with Crippen molar-refractivity contribution in [2.45, 2.75) is 6.10 Å². The minimum atomic E-state index is -0.436. The van der Waals surface area contributed by atoms with Gasteiger partial charge >= 0.3 is 0 Å². The lowest BCUT2D eigenvalue weighted by Gasteiger charge is -2.27. The average Bonchev–Trinajstić information content (AvgIpc) is 2.48. The first kappa shape index (κ1) is 11.5. The van der Waals surface area contributed by atoms with Crippen LogP contribution in [-0.4, -0.2) is 5.78 Å². The van der Waals surface area contributed by atoms with E-state index in [9.17, 15) is 4.79 Å². The molecule has 3 rings (SSSR count). The molecule has 0 bridgehead atoms. The van der Waals surface area contributed by atoms with Gasteiger partial charge in [0, 0.05) is 6.20 Å². The molecule has 1 aliphatic heterocycles. The van der Waals surface area contributed by atoms with Gasteiger partial charge in [-0.25, -0.2) is 0 Å². The van der Waals surface area contributed by atoms with E-state index in [4.69, 9.17) is 10.5 Å². The first-order chi connectivity index (χ1) is 9.31. The topological polar surface area (TPSA) is 52.3 Å². The van der Waals surface area contributed by atoms with Crippen LogP contribution < -0.4 is 10.5 Å². The van der Waals surface area contributed by atoms with Gasteiger partial charge in [-0.05, 0) is 17.7 Å². The highest BCUT2D eigenvalue weighted by atomic mass is 16.5. The van der Waals surface area contributed by atoms with E-state index >= 15 is 0 Å². The van der Waals surface area contributed by atoms with Crippen molar-refractivity contribution in [2.75, 3.05) is 0 Å². The third-order valence-corrected chi connectivity index (χ3v) is 3.20. The normalized spacial score (nSPS) is 19.9. The number of para-hydroxylation sites is 1. The first-order valence-electron chi connectivity index (χ1n) is 6.08. The molecule has 0 aliphatic carbocycles. The van der Waals surface area contributed by atoms with Crippen molar-refractivity contribution in [1.29, 1.82) is 0 Å². The van der Waals surface area contributed by atoms with Gasteiger partial charge in [-0.15, -0.1) is 0 Å². The number of carbonyl (C=O) groups is 1. The second-order valence-electron chi connectivity index (χ2n) is 4.36. The summed E-state index contributed by atoms with van der Waals surface area (Å²) in [4.78, 5) is 12.4. The number of nitrogens with two attached hydrogens (primary N) is 1. The summed E-state index contributed by atoms with van der Waals surface area (Å²) >= 11 is 0. The SMILES string of the molecule is N/C=C1/C(=O)c2ccccc2OC1c1ccccc1. The van der Waals surface area contributed by atoms with Crippen LogP contribution in [0.5, 0.6) is 5.75 Å². The molecule has 19 heavy (non-hydrogen) atoms. The summed E-state index contributed by atoms with van der Waals surface area (Å²) in [5, 5.41) is 0. The Morgan fingerprint density at radius 1 is 1.00 bits per heavy atom. The third-order valence-electron chi connectivity index (χ3n) is 3.20. The zero-order valence-electron chi connectivity index (χ0n) is 10.2. The molecule has 0 saturated heterocycles. The van der Waals surface area contributed by atoms with Crippen molar-refractivity contribution in [1.82, 2.24) is 0 Å². The zero-order chi connectivity index (χ0) is 13.2. The van der Waals surface area contributed by atoms with E-state index in [0.717, 1.165) is 5.56 Å². The van der Waals surface area contributed by atoms with Crippen LogP contribution >= 0.6 is 0 Å². The number of Topliss-reactive ketones (excluding diaryl/α,β-unsaturated/α-hetero) is 1. The number of hydrogen-bond donors (Lipinski definition) is 1. The number of ether oxygens (including phenoxy) is 1. The predicted molar refractivity (Wildman–Crippen MR) is 72.9 cm³/mol. The van der Waals surface area contributed by atoms with Crippen LogP contribution in [0, 0.1) is 0 Å². The smallest absolute Gasteiger partial charge is 0.198 e. The average molecular weight is 251 g/mol. The quantitative estimate of drug-likeness (QED) is 0.793. The Labute approximate surface area is 111 Å². The molecule has 3 nitrogen and oxygen atoms in total. The highest BCUT2D eigenvalue weighted by molar-refractivity contribution is 6.12. The molecule has 0 fully saturated rings. The molecule has 1 unspecified atom stereocenters. The van der Waals surface area contributed by atoms with E-state index in [1.54, 1.807) is 12.1 Å². The highest BCUT2D eigenvalue weighted by Gasteiger charge is 2.32. The van der Waals surface area contributed by atoms with Crippen molar-refractivity contribution in [3.63, 3.8) is 0 Å². The van der Waals surface area contributed by atoms with E-state index in [-0.39, 0.29) is 5.78 Å². The summed E-state index contributed by atoms with van der Waals surface area (Å²) in [6, 6.07) is 16.8. The molecule has 1 aliphatic rings. The largest absolute Gasteiger partial charge is 0.480 e. The van der Waals surface area contributed by atoms with Gasteiger partial charge in [-0.1, -0.05) is 42.5 Å². The fourth-order valence-electron chi connectivity index (χ4n) is 2.26. The maximum absolute atomic E-state index is 12.4. The second kappa shape index (κ2) is 4.61. The summed E-state index contributed by atoms with van der Waals surface area (Å²) in [5.74, 6) is 0.533. The van der Waals surface area contributed by atoms with Gasteiger partial charge in [-0.3, -0.25) is 4.79 Å². The van der Waals surface area contributed by atoms with Crippen molar-refractivity contribution in [2.24, 2.45) is 5.73 Å². The fraction of sp³-hybridized carbons (Fsp3) is 0.0625. The molecule has 2 aromatic carbocycles. The van der Waals surface area contributed by atoms with Gasteiger partial charge in [0.1, 0.15) is 5.75 Å².